The smallest absolute Gasteiger partial charge is 0.244 e. The van der Waals surface area contributed by atoms with E-state index in [1.165, 1.54) is 43.1 Å². The van der Waals surface area contributed by atoms with Crippen molar-refractivity contribution in [2.75, 3.05) is 24.2 Å². The van der Waals surface area contributed by atoms with Crippen LogP contribution in [0.2, 0.25) is 20.1 Å². The number of carbonyl (C=O) groups is 2. The van der Waals surface area contributed by atoms with E-state index in [-0.39, 0.29) is 22.3 Å². The van der Waals surface area contributed by atoms with Crippen molar-refractivity contribution < 1.29 is 18.0 Å². The summed E-state index contributed by atoms with van der Waals surface area (Å²) in [6, 6.07) is 8.10. The second kappa shape index (κ2) is 10.9. The molecule has 1 N–H and O–H groups in total. The highest BCUT2D eigenvalue weighted by Gasteiger charge is 2.31. The van der Waals surface area contributed by atoms with Crippen molar-refractivity contribution in [3.63, 3.8) is 0 Å². The zero-order valence-electron chi connectivity index (χ0n) is 17.4. The van der Waals surface area contributed by atoms with Gasteiger partial charge >= 0.3 is 0 Å². The number of amides is 2. The van der Waals surface area contributed by atoms with Gasteiger partial charge in [-0.25, -0.2) is 8.42 Å². The van der Waals surface area contributed by atoms with E-state index in [1.807, 2.05) is 0 Å². The molecule has 0 bridgehead atoms. The van der Waals surface area contributed by atoms with Crippen LogP contribution in [0.15, 0.2) is 36.4 Å². The molecule has 12 heteroatoms. The van der Waals surface area contributed by atoms with Gasteiger partial charge in [0, 0.05) is 28.7 Å². The fourth-order valence-electron chi connectivity index (χ4n) is 2.90. The van der Waals surface area contributed by atoms with E-state index in [2.05, 4.69) is 5.32 Å². The molecule has 0 aliphatic carbocycles. The van der Waals surface area contributed by atoms with Crippen molar-refractivity contribution in [3.8, 4) is 0 Å². The summed E-state index contributed by atoms with van der Waals surface area (Å²) in [5.74, 6) is -1.08. The van der Waals surface area contributed by atoms with Crippen molar-refractivity contribution >= 4 is 73.9 Å². The van der Waals surface area contributed by atoms with Crippen LogP contribution < -0.4 is 9.62 Å². The molecule has 174 valence electrons. The standard InChI is InChI=1S/C20H21Cl4N3O4S/c1-12(20(29)25-2)26(10-13-4-5-14(21)8-17(13)24)19(28)11-27(32(3,30)31)18-9-15(22)6-7-16(18)23/h4-9,12H,10-11H2,1-3H3,(H,25,29)/t12-/m1/s1. The number of halogens is 4. The highest BCUT2D eigenvalue weighted by Crippen LogP contribution is 2.31. The van der Waals surface area contributed by atoms with Gasteiger partial charge in [-0.1, -0.05) is 52.5 Å². The summed E-state index contributed by atoms with van der Waals surface area (Å²) in [6.45, 7) is 0.868. The number of benzene rings is 2. The Kier molecular flexibility index (Phi) is 9.07. The quantitative estimate of drug-likeness (QED) is 0.542. The highest BCUT2D eigenvalue weighted by molar-refractivity contribution is 7.92. The van der Waals surface area contributed by atoms with Gasteiger partial charge in [0.15, 0.2) is 0 Å². The van der Waals surface area contributed by atoms with Crippen molar-refractivity contribution in [2.45, 2.75) is 19.5 Å². The summed E-state index contributed by atoms with van der Waals surface area (Å²) < 4.78 is 25.8. The number of anilines is 1. The van der Waals surface area contributed by atoms with E-state index in [0.717, 1.165) is 10.6 Å². The van der Waals surface area contributed by atoms with Gasteiger partial charge in [0.05, 0.1) is 17.0 Å². The van der Waals surface area contributed by atoms with Crippen LogP contribution in [0, 0.1) is 0 Å². The highest BCUT2D eigenvalue weighted by atomic mass is 35.5. The molecule has 32 heavy (non-hydrogen) atoms. The molecule has 0 saturated heterocycles. The molecular formula is C20H21Cl4N3O4S. The topological polar surface area (TPSA) is 86.8 Å². The normalized spacial score (nSPS) is 12.2. The lowest BCUT2D eigenvalue weighted by atomic mass is 10.1. The van der Waals surface area contributed by atoms with Crippen LogP contribution in [0.3, 0.4) is 0 Å². The Morgan fingerprint density at radius 1 is 1.00 bits per heavy atom. The lowest BCUT2D eigenvalue weighted by Crippen LogP contribution is -2.50. The molecular weight excluding hydrogens is 520 g/mol. The molecule has 0 unspecified atom stereocenters. The molecule has 0 spiro atoms. The maximum Gasteiger partial charge on any atom is 0.244 e. The minimum Gasteiger partial charge on any atom is -0.357 e. The largest absolute Gasteiger partial charge is 0.357 e. The number of hydrogen-bond donors (Lipinski definition) is 1. The van der Waals surface area contributed by atoms with Crippen LogP contribution in [0.4, 0.5) is 5.69 Å². The Labute approximate surface area is 207 Å². The molecule has 2 amide bonds. The maximum absolute atomic E-state index is 13.3. The van der Waals surface area contributed by atoms with Gasteiger partial charge in [-0.05, 0) is 42.8 Å². The molecule has 0 fully saturated rings. The first-order chi connectivity index (χ1) is 14.8. The summed E-state index contributed by atoms with van der Waals surface area (Å²) >= 11 is 24.4. The monoisotopic (exact) mass is 539 g/mol. The van der Waals surface area contributed by atoms with Crippen LogP contribution >= 0.6 is 46.4 Å². The van der Waals surface area contributed by atoms with E-state index >= 15 is 0 Å². The van der Waals surface area contributed by atoms with Crippen LogP contribution in [-0.4, -0.2) is 51.0 Å². The van der Waals surface area contributed by atoms with E-state index in [0.29, 0.717) is 15.6 Å². The third kappa shape index (κ3) is 6.65. The van der Waals surface area contributed by atoms with Crippen molar-refractivity contribution in [2.24, 2.45) is 0 Å². The molecule has 0 aromatic heterocycles. The summed E-state index contributed by atoms with van der Waals surface area (Å²) in [5.41, 5.74) is 0.582. The molecule has 2 rings (SSSR count). The first-order valence-corrected chi connectivity index (χ1v) is 12.6. The first kappa shape index (κ1) is 26.5. The molecule has 0 aliphatic rings. The zero-order valence-corrected chi connectivity index (χ0v) is 21.2. The molecule has 2 aromatic rings. The van der Waals surface area contributed by atoms with E-state index in [9.17, 15) is 18.0 Å². The number of sulfonamides is 1. The fourth-order valence-corrected chi connectivity index (χ4v) is 4.65. The molecule has 0 heterocycles. The van der Waals surface area contributed by atoms with Crippen LogP contribution in [-0.2, 0) is 26.2 Å². The lowest BCUT2D eigenvalue weighted by molar-refractivity contribution is -0.139. The van der Waals surface area contributed by atoms with Gasteiger partial charge in [0.1, 0.15) is 12.6 Å². The molecule has 0 saturated carbocycles. The second-order valence-corrected chi connectivity index (χ2v) is 10.5. The van der Waals surface area contributed by atoms with E-state index < -0.39 is 34.4 Å². The zero-order chi connectivity index (χ0) is 24.2. The van der Waals surface area contributed by atoms with Gasteiger partial charge in [-0.15, -0.1) is 0 Å². The number of likely N-dealkylation sites (N-methyl/N-ethyl adjacent to an activating group) is 1. The Morgan fingerprint density at radius 3 is 2.16 bits per heavy atom. The molecule has 7 nitrogen and oxygen atoms in total. The summed E-state index contributed by atoms with van der Waals surface area (Å²) in [5, 5.41) is 3.54. The Bertz CT molecular complexity index is 1130. The summed E-state index contributed by atoms with van der Waals surface area (Å²) in [6.07, 6.45) is 0.945. The SMILES string of the molecule is CNC(=O)[C@@H](C)N(Cc1ccc(Cl)cc1Cl)C(=O)CN(c1cc(Cl)ccc1Cl)S(C)(=O)=O. The van der Waals surface area contributed by atoms with Crippen LogP contribution in [0.1, 0.15) is 12.5 Å². The number of hydrogen-bond acceptors (Lipinski definition) is 4. The summed E-state index contributed by atoms with van der Waals surface area (Å²) in [7, 11) is -2.49. The Morgan fingerprint density at radius 2 is 1.59 bits per heavy atom. The van der Waals surface area contributed by atoms with Crippen molar-refractivity contribution in [1.82, 2.24) is 10.2 Å². The van der Waals surface area contributed by atoms with E-state index in [4.69, 9.17) is 46.4 Å². The number of nitrogens with one attached hydrogen (secondary N) is 1. The van der Waals surface area contributed by atoms with Crippen molar-refractivity contribution in [1.29, 1.82) is 0 Å². The average Bonchev–Trinajstić information content (AvgIpc) is 2.71. The van der Waals surface area contributed by atoms with Crippen LogP contribution in [0.5, 0.6) is 0 Å². The van der Waals surface area contributed by atoms with Gasteiger partial charge < -0.3 is 10.2 Å². The Hall–Kier alpha value is -1.71. The number of rotatable bonds is 8. The third-order valence-electron chi connectivity index (χ3n) is 4.63. The van der Waals surface area contributed by atoms with Crippen molar-refractivity contribution in [3.05, 3.63) is 62.1 Å². The molecule has 2 aromatic carbocycles. The Balaban J connectivity index is 2.46. The minimum absolute atomic E-state index is 0.0482. The van der Waals surface area contributed by atoms with Gasteiger partial charge in [-0.2, -0.15) is 0 Å². The van der Waals surface area contributed by atoms with Gasteiger partial charge in [0.2, 0.25) is 21.8 Å². The predicted molar refractivity (Wildman–Crippen MR) is 129 cm³/mol. The summed E-state index contributed by atoms with van der Waals surface area (Å²) in [4.78, 5) is 26.8. The molecule has 1 atom stereocenters. The van der Waals surface area contributed by atoms with E-state index in [1.54, 1.807) is 12.1 Å². The third-order valence-corrected chi connectivity index (χ3v) is 6.89. The maximum atomic E-state index is 13.3. The minimum atomic E-state index is -3.93. The number of nitrogens with zero attached hydrogens (tertiary/aromatic N) is 2. The fraction of sp³-hybridized carbons (Fsp3) is 0.300. The molecule has 0 radical (unpaired) electrons. The second-order valence-electron chi connectivity index (χ2n) is 6.91. The first-order valence-electron chi connectivity index (χ1n) is 9.23. The van der Waals surface area contributed by atoms with Gasteiger partial charge in [-0.3, -0.25) is 13.9 Å². The lowest BCUT2D eigenvalue weighted by Gasteiger charge is -2.31. The number of carbonyl (C=O) groups excluding carboxylic acids is 2. The van der Waals surface area contributed by atoms with Crippen LogP contribution in [0.25, 0.3) is 0 Å². The molecule has 0 aliphatic heterocycles. The predicted octanol–water partition coefficient (Wildman–Crippen LogP) is 4.23. The average molecular weight is 541 g/mol. The van der Waals surface area contributed by atoms with Gasteiger partial charge in [0.25, 0.3) is 0 Å².